The van der Waals surface area contributed by atoms with E-state index in [0.717, 1.165) is 5.69 Å². The summed E-state index contributed by atoms with van der Waals surface area (Å²) in [5.74, 6) is 0.00341. The van der Waals surface area contributed by atoms with E-state index in [2.05, 4.69) is 15.6 Å². The number of nitrogens with zero attached hydrogens (tertiary/aromatic N) is 2. The molecule has 1 aromatic rings. The maximum Gasteiger partial charge on any atom is 0.317 e. The van der Waals surface area contributed by atoms with Crippen LogP contribution in [0.4, 0.5) is 21.9 Å². The monoisotopic (exact) mass is 363 g/mol. The van der Waals surface area contributed by atoms with Crippen LogP contribution in [0.1, 0.15) is 33.6 Å². The van der Waals surface area contributed by atoms with Crippen LogP contribution in [0.3, 0.4) is 0 Å². The van der Waals surface area contributed by atoms with E-state index in [1.807, 2.05) is 32.9 Å². The molecule has 0 bridgehead atoms. The standard InChI is InChI=1S/C18H29N5O3/c1-18(2,3)11-16(25)23(4)13-6-7-14(20-8-5-9-24)15(10-13)21-12-22-17(19)26/h6-7,10,12,20,24H,5,8-9,11H2,1-4H3,(H3,19,21,22,26). The molecule has 5 N–H and O–H groups in total. The first-order valence-electron chi connectivity index (χ1n) is 8.48. The van der Waals surface area contributed by atoms with Crippen LogP contribution in [-0.2, 0) is 4.79 Å². The molecule has 0 saturated heterocycles. The molecular formula is C18H29N5O3. The number of rotatable bonds is 8. The summed E-state index contributed by atoms with van der Waals surface area (Å²) in [5, 5.41) is 14.4. The number of hydrogen-bond acceptors (Lipinski definition) is 5. The number of nitrogens with two attached hydrogens (primary N) is 1. The summed E-state index contributed by atoms with van der Waals surface area (Å²) >= 11 is 0. The van der Waals surface area contributed by atoms with E-state index >= 15 is 0 Å². The second-order valence-corrected chi connectivity index (χ2v) is 7.16. The third-order valence-corrected chi connectivity index (χ3v) is 3.49. The molecule has 0 aliphatic carbocycles. The normalized spacial score (nSPS) is 11.4. The molecule has 1 aromatic carbocycles. The van der Waals surface area contributed by atoms with Crippen LogP contribution in [0.15, 0.2) is 23.2 Å². The fourth-order valence-electron chi connectivity index (χ4n) is 2.17. The number of anilines is 2. The number of hydrogen-bond donors (Lipinski definition) is 4. The van der Waals surface area contributed by atoms with Crippen LogP contribution in [0.5, 0.6) is 0 Å². The van der Waals surface area contributed by atoms with E-state index in [4.69, 9.17) is 10.8 Å². The molecule has 0 spiro atoms. The first-order chi connectivity index (χ1) is 12.1. The van der Waals surface area contributed by atoms with Crippen molar-refractivity contribution in [3.05, 3.63) is 18.2 Å². The van der Waals surface area contributed by atoms with Gasteiger partial charge in [-0.05, 0) is 30.0 Å². The largest absolute Gasteiger partial charge is 0.396 e. The molecule has 1 rings (SSSR count). The summed E-state index contributed by atoms with van der Waals surface area (Å²) in [6.07, 6.45) is 2.21. The number of benzene rings is 1. The molecule has 8 heteroatoms. The first-order valence-corrected chi connectivity index (χ1v) is 8.48. The van der Waals surface area contributed by atoms with Crippen molar-refractivity contribution < 1.29 is 14.7 Å². The van der Waals surface area contributed by atoms with Gasteiger partial charge in [0, 0.05) is 32.3 Å². The van der Waals surface area contributed by atoms with Crippen molar-refractivity contribution in [1.29, 1.82) is 0 Å². The smallest absolute Gasteiger partial charge is 0.317 e. The number of aliphatic hydroxyl groups excluding tert-OH is 1. The maximum atomic E-state index is 12.4. The average molecular weight is 363 g/mol. The number of nitrogens with one attached hydrogen (secondary N) is 2. The number of primary amides is 1. The lowest BCUT2D eigenvalue weighted by atomic mass is 9.91. The number of urea groups is 1. The molecule has 0 radical (unpaired) electrons. The molecule has 26 heavy (non-hydrogen) atoms. The molecule has 0 heterocycles. The van der Waals surface area contributed by atoms with Gasteiger partial charge in [-0.3, -0.25) is 10.1 Å². The Kier molecular flexibility index (Phi) is 8.05. The van der Waals surface area contributed by atoms with Gasteiger partial charge in [-0.2, -0.15) is 0 Å². The van der Waals surface area contributed by atoms with Gasteiger partial charge in [0.25, 0.3) is 0 Å². The van der Waals surface area contributed by atoms with Crippen LogP contribution < -0.4 is 21.3 Å². The van der Waals surface area contributed by atoms with Crippen molar-refractivity contribution in [1.82, 2.24) is 5.32 Å². The van der Waals surface area contributed by atoms with Crippen LogP contribution in [0.2, 0.25) is 0 Å². The molecule has 0 fully saturated rings. The van der Waals surface area contributed by atoms with Crippen LogP contribution in [-0.4, -0.2) is 43.6 Å². The number of aliphatic imine (C=N–C) groups is 1. The minimum Gasteiger partial charge on any atom is -0.396 e. The van der Waals surface area contributed by atoms with Crippen molar-refractivity contribution in [2.45, 2.75) is 33.6 Å². The number of amides is 3. The SMILES string of the molecule is CN(C(=O)CC(C)(C)C)c1ccc(NCCCO)c(N=CNC(N)=O)c1. The van der Waals surface area contributed by atoms with Gasteiger partial charge in [-0.25, -0.2) is 9.79 Å². The molecule has 3 amide bonds. The zero-order chi connectivity index (χ0) is 19.7. The zero-order valence-electron chi connectivity index (χ0n) is 15.9. The molecule has 0 saturated carbocycles. The zero-order valence-corrected chi connectivity index (χ0v) is 15.9. The Balaban J connectivity index is 3.04. The quantitative estimate of drug-likeness (QED) is 0.321. The summed E-state index contributed by atoms with van der Waals surface area (Å²) in [6.45, 7) is 6.69. The van der Waals surface area contributed by atoms with Gasteiger partial charge < -0.3 is 21.1 Å². The minimum absolute atomic E-state index is 0.00341. The second-order valence-electron chi connectivity index (χ2n) is 7.16. The van der Waals surface area contributed by atoms with Gasteiger partial charge in [0.2, 0.25) is 5.91 Å². The van der Waals surface area contributed by atoms with Crippen molar-refractivity contribution >= 4 is 35.3 Å². The summed E-state index contributed by atoms with van der Waals surface area (Å²) < 4.78 is 0. The number of carbonyl (C=O) groups excluding carboxylic acids is 2. The fourth-order valence-corrected chi connectivity index (χ4v) is 2.17. The lowest BCUT2D eigenvalue weighted by Crippen LogP contribution is -2.29. The van der Waals surface area contributed by atoms with Crippen molar-refractivity contribution in [2.75, 3.05) is 30.4 Å². The van der Waals surface area contributed by atoms with Gasteiger partial charge in [0.15, 0.2) is 0 Å². The molecule has 0 aliphatic rings. The number of aliphatic hydroxyl groups is 1. The highest BCUT2D eigenvalue weighted by molar-refractivity contribution is 5.94. The lowest BCUT2D eigenvalue weighted by molar-refractivity contribution is -0.120. The van der Waals surface area contributed by atoms with Gasteiger partial charge in [-0.1, -0.05) is 20.8 Å². The summed E-state index contributed by atoms with van der Waals surface area (Å²) in [5.41, 5.74) is 6.89. The third kappa shape index (κ3) is 7.52. The topological polar surface area (TPSA) is 120 Å². The Morgan fingerprint density at radius 3 is 2.62 bits per heavy atom. The van der Waals surface area contributed by atoms with E-state index in [1.54, 1.807) is 18.0 Å². The van der Waals surface area contributed by atoms with E-state index in [0.29, 0.717) is 30.8 Å². The van der Waals surface area contributed by atoms with Crippen LogP contribution >= 0.6 is 0 Å². The van der Waals surface area contributed by atoms with E-state index in [9.17, 15) is 9.59 Å². The Morgan fingerprint density at radius 2 is 2.04 bits per heavy atom. The highest BCUT2D eigenvalue weighted by Gasteiger charge is 2.20. The average Bonchev–Trinajstić information content (AvgIpc) is 2.53. The lowest BCUT2D eigenvalue weighted by Gasteiger charge is -2.24. The van der Waals surface area contributed by atoms with E-state index in [1.165, 1.54) is 6.34 Å². The molecule has 0 aromatic heterocycles. The van der Waals surface area contributed by atoms with E-state index < -0.39 is 6.03 Å². The Labute approximate surface area is 154 Å². The van der Waals surface area contributed by atoms with Crippen molar-refractivity contribution in [3.8, 4) is 0 Å². The number of carbonyl (C=O) groups is 2. The highest BCUT2D eigenvalue weighted by atomic mass is 16.3. The van der Waals surface area contributed by atoms with Gasteiger partial charge in [-0.15, -0.1) is 0 Å². The Bertz CT molecular complexity index is 653. The van der Waals surface area contributed by atoms with Crippen LogP contribution in [0.25, 0.3) is 0 Å². The predicted molar refractivity (Wildman–Crippen MR) is 105 cm³/mol. The third-order valence-electron chi connectivity index (χ3n) is 3.49. The van der Waals surface area contributed by atoms with Crippen molar-refractivity contribution in [3.63, 3.8) is 0 Å². The maximum absolute atomic E-state index is 12.4. The fraction of sp³-hybridized carbons (Fsp3) is 0.500. The highest BCUT2D eigenvalue weighted by Crippen LogP contribution is 2.31. The summed E-state index contributed by atoms with van der Waals surface area (Å²) in [7, 11) is 1.72. The van der Waals surface area contributed by atoms with E-state index in [-0.39, 0.29) is 17.9 Å². The summed E-state index contributed by atoms with van der Waals surface area (Å²) in [4.78, 5) is 29.0. The Hall–Kier alpha value is -2.61. The molecular weight excluding hydrogens is 334 g/mol. The summed E-state index contributed by atoms with van der Waals surface area (Å²) in [6, 6.07) is 4.67. The molecule has 144 valence electrons. The Morgan fingerprint density at radius 1 is 1.35 bits per heavy atom. The molecule has 0 unspecified atom stereocenters. The molecule has 8 nitrogen and oxygen atoms in total. The van der Waals surface area contributed by atoms with Crippen molar-refractivity contribution in [2.24, 2.45) is 16.1 Å². The second kappa shape index (κ2) is 9.76. The predicted octanol–water partition coefficient (Wildman–Crippen LogP) is 2.21. The minimum atomic E-state index is -0.711. The molecule has 0 aliphatic heterocycles. The van der Waals surface area contributed by atoms with Gasteiger partial charge >= 0.3 is 6.03 Å². The van der Waals surface area contributed by atoms with Crippen LogP contribution in [0, 0.1) is 5.41 Å². The first kappa shape index (κ1) is 21.4. The molecule has 0 atom stereocenters. The van der Waals surface area contributed by atoms with Gasteiger partial charge in [0.1, 0.15) is 0 Å². The van der Waals surface area contributed by atoms with Gasteiger partial charge in [0.05, 0.1) is 17.7 Å².